The van der Waals surface area contributed by atoms with Crippen LogP contribution in [-0.2, 0) is 20.8 Å². The van der Waals surface area contributed by atoms with Gasteiger partial charge >= 0.3 is 5.97 Å². The summed E-state index contributed by atoms with van der Waals surface area (Å²) in [4.78, 5) is 39.2. The number of carboxylic acid groups (broad SMARTS) is 1. The standard InChI is InChI=1S/C17H19ClN2O4/c18-13-3-1-12(2-4-13)11-14(21)19-7-9-20(10-8-19)15(22)17(5-6-17)16(23)24/h1-4H,5-11H2,(H,23,24). The Bertz CT molecular complexity index is 662. The Morgan fingerprint density at radius 1 is 1.00 bits per heavy atom. The number of carbonyl (C=O) groups is 3. The summed E-state index contributed by atoms with van der Waals surface area (Å²) in [5.41, 5.74) is -0.305. The predicted octanol–water partition coefficient (Wildman–Crippen LogP) is 1.42. The minimum Gasteiger partial charge on any atom is -0.480 e. The summed E-state index contributed by atoms with van der Waals surface area (Å²) in [6, 6.07) is 7.15. The van der Waals surface area contributed by atoms with E-state index in [4.69, 9.17) is 11.6 Å². The molecule has 1 aliphatic carbocycles. The minimum absolute atomic E-state index is 0.00351. The monoisotopic (exact) mass is 350 g/mol. The Morgan fingerprint density at radius 3 is 2.04 bits per heavy atom. The fourth-order valence-corrected chi connectivity index (χ4v) is 3.12. The summed E-state index contributed by atoms with van der Waals surface area (Å²) in [5, 5.41) is 9.84. The summed E-state index contributed by atoms with van der Waals surface area (Å²) in [6.07, 6.45) is 1.12. The predicted molar refractivity (Wildman–Crippen MR) is 87.6 cm³/mol. The first-order valence-corrected chi connectivity index (χ1v) is 8.35. The molecule has 0 aromatic heterocycles. The number of hydrogen-bond acceptors (Lipinski definition) is 3. The summed E-state index contributed by atoms with van der Waals surface area (Å²) < 4.78 is 0. The van der Waals surface area contributed by atoms with Crippen LogP contribution in [0.15, 0.2) is 24.3 Å². The molecule has 2 fully saturated rings. The van der Waals surface area contributed by atoms with Crippen LogP contribution in [0.3, 0.4) is 0 Å². The van der Waals surface area contributed by atoms with E-state index >= 15 is 0 Å². The van der Waals surface area contributed by atoms with Gasteiger partial charge in [-0.1, -0.05) is 23.7 Å². The highest BCUT2D eigenvalue weighted by atomic mass is 35.5. The van der Waals surface area contributed by atoms with Crippen LogP contribution in [0.5, 0.6) is 0 Å². The molecule has 2 amide bonds. The van der Waals surface area contributed by atoms with Crippen molar-refractivity contribution >= 4 is 29.4 Å². The zero-order valence-electron chi connectivity index (χ0n) is 13.2. The fraction of sp³-hybridized carbons (Fsp3) is 0.471. The van der Waals surface area contributed by atoms with E-state index in [0.717, 1.165) is 5.56 Å². The number of carboxylic acids is 1. The van der Waals surface area contributed by atoms with Crippen molar-refractivity contribution in [3.05, 3.63) is 34.9 Å². The first kappa shape index (κ1) is 16.8. The zero-order chi connectivity index (χ0) is 17.3. The van der Waals surface area contributed by atoms with Crippen molar-refractivity contribution in [1.29, 1.82) is 0 Å². The van der Waals surface area contributed by atoms with E-state index in [0.29, 0.717) is 50.5 Å². The molecule has 0 atom stereocenters. The van der Waals surface area contributed by atoms with Gasteiger partial charge in [-0.2, -0.15) is 0 Å². The molecule has 0 unspecified atom stereocenters. The first-order valence-electron chi connectivity index (χ1n) is 7.97. The van der Waals surface area contributed by atoms with Crippen LogP contribution in [0.1, 0.15) is 18.4 Å². The van der Waals surface area contributed by atoms with Gasteiger partial charge in [-0.3, -0.25) is 14.4 Å². The molecule has 0 bridgehead atoms. The van der Waals surface area contributed by atoms with Crippen molar-refractivity contribution in [1.82, 2.24) is 9.80 Å². The Balaban J connectivity index is 1.53. The van der Waals surface area contributed by atoms with Gasteiger partial charge in [-0.05, 0) is 30.5 Å². The van der Waals surface area contributed by atoms with Crippen molar-refractivity contribution in [3.8, 4) is 0 Å². The highest BCUT2D eigenvalue weighted by Crippen LogP contribution is 2.47. The highest BCUT2D eigenvalue weighted by molar-refractivity contribution is 6.30. The maximum atomic E-state index is 12.4. The lowest BCUT2D eigenvalue weighted by molar-refractivity contribution is -0.155. The number of rotatable bonds is 4. The van der Waals surface area contributed by atoms with Gasteiger partial charge < -0.3 is 14.9 Å². The van der Waals surface area contributed by atoms with Crippen LogP contribution in [-0.4, -0.2) is 58.9 Å². The molecule has 0 spiro atoms. The third-order valence-electron chi connectivity index (χ3n) is 4.76. The molecular weight excluding hydrogens is 332 g/mol. The number of hydrogen-bond donors (Lipinski definition) is 1. The van der Waals surface area contributed by atoms with E-state index < -0.39 is 11.4 Å². The van der Waals surface area contributed by atoms with Crippen LogP contribution in [0.2, 0.25) is 5.02 Å². The molecule has 128 valence electrons. The SMILES string of the molecule is O=C(Cc1ccc(Cl)cc1)N1CCN(C(=O)C2(C(=O)O)CC2)CC1. The molecule has 1 heterocycles. The van der Waals surface area contributed by atoms with Crippen LogP contribution < -0.4 is 0 Å². The molecule has 3 rings (SSSR count). The number of carbonyl (C=O) groups excluding carboxylic acids is 2. The van der Waals surface area contributed by atoms with E-state index in [1.54, 1.807) is 21.9 Å². The van der Waals surface area contributed by atoms with Crippen molar-refractivity contribution in [2.24, 2.45) is 5.41 Å². The first-order chi connectivity index (χ1) is 11.4. The molecule has 1 aliphatic heterocycles. The second-order valence-corrected chi connectivity index (χ2v) is 6.80. The van der Waals surface area contributed by atoms with Crippen LogP contribution in [0.25, 0.3) is 0 Å². The minimum atomic E-state index is -1.20. The number of nitrogens with zero attached hydrogens (tertiary/aromatic N) is 2. The van der Waals surface area contributed by atoms with Crippen molar-refractivity contribution in [2.75, 3.05) is 26.2 Å². The van der Waals surface area contributed by atoms with Gasteiger partial charge in [0.1, 0.15) is 5.41 Å². The Morgan fingerprint density at radius 2 is 1.54 bits per heavy atom. The van der Waals surface area contributed by atoms with Gasteiger partial charge in [0.15, 0.2) is 0 Å². The van der Waals surface area contributed by atoms with Crippen LogP contribution >= 0.6 is 11.6 Å². The van der Waals surface area contributed by atoms with E-state index in [2.05, 4.69) is 0 Å². The zero-order valence-corrected chi connectivity index (χ0v) is 14.0. The smallest absolute Gasteiger partial charge is 0.319 e. The number of halogens is 1. The molecule has 2 aliphatic rings. The Kier molecular flexibility index (Phi) is 4.49. The van der Waals surface area contributed by atoms with Crippen molar-refractivity contribution in [2.45, 2.75) is 19.3 Å². The molecule has 1 N–H and O–H groups in total. The van der Waals surface area contributed by atoms with Crippen molar-refractivity contribution < 1.29 is 19.5 Å². The Labute approximate surface area is 145 Å². The lowest BCUT2D eigenvalue weighted by atomic mass is 10.1. The fourth-order valence-electron chi connectivity index (χ4n) is 2.99. The van der Waals surface area contributed by atoms with Gasteiger partial charge in [0.2, 0.25) is 11.8 Å². The lowest BCUT2D eigenvalue weighted by Crippen LogP contribution is -2.53. The summed E-state index contributed by atoms with van der Waals surface area (Å²) in [6.45, 7) is 1.65. The topological polar surface area (TPSA) is 77.9 Å². The van der Waals surface area contributed by atoms with E-state index in [9.17, 15) is 19.5 Å². The van der Waals surface area contributed by atoms with Crippen molar-refractivity contribution in [3.63, 3.8) is 0 Å². The maximum absolute atomic E-state index is 12.4. The highest BCUT2D eigenvalue weighted by Gasteiger charge is 2.58. The molecular formula is C17H19ClN2O4. The van der Waals surface area contributed by atoms with E-state index in [1.807, 2.05) is 12.1 Å². The Hall–Kier alpha value is -2.08. The van der Waals surface area contributed by atoms with Gasteiger partial charge in [0.25, 0.3) is 0 Å². The summed E-state index contributed by atoms with van der Waals surface area (Å²) in [7, 11) is 0. The van der Waals surface area contributed by atoms with E-state index in [1.165, 1.54) is 0 Å². The second kappa shape index (κ2) is 6.43. The number of benzene rings is 1. The maximum Gasteiger partial charge on any atom is 0.319 e. The second-order valence-electron chi connectivity index (χ2n) is 6.36. The number of aliphatic carboxylic acids is 1. The number of piperazine rings is 1. The third kappa shape index (κ3) is 3.24. The van der Waals surface area contributed by atoms with Gasteiger partial charge in [0.05, 0.1) is 6.42 Å². The normalized spacial score (nSPS) is 19.0. The van der Waals surface area contributed by atoms with Crippen LogP contribution in [0.4, 0.5) is 0 Å². The molecule has 1 aromatic carbocycles. The molecule has 24 heavy (non-hydrogen) atoms. The molecule has 1 aromatic rings. The lowest BCUT2D eigenvalue weighted by Gasteiger charge is -2.36. The average Bonchev–Trinajstić information content (AvgIpc) is 3.38. The molecule has 0 radical (unpaired) electrons. The quantitative estimate of drug-likeness (QED) is 0.833. The molecule has 6 nitrogen and oxygen atoms in total. The third-order valence-corrected chi connectivity index (χ3v) is 5.01. The molecule has 1 saturated carbocycles. The van der Waals surface area contributed by atoms with Crippen LogP contribution in [0, 0.1) is 5.41 Å². The number of amides is 2. The molecule has 7 heteroatoms. The summed E-state index contributed by atoms with van der Waals surface area (Å²) >= 11 is 5.83. The largest absolute Gasteiger partial charge is 0.480 e. The average molecular weight is 351 g/mol. The van der Waals surface area contributed by atoms with Gasteiger partial charge in [-0.25, -0.2) is 0 Å². The van der Waals surface area contributed by atoms with Gasteiger partial charge in [0, 0.05) is 31.2 Å². The summed E-state index contributed by atoms with van der Waals surface area (Å²) in [5.74, 6) is -1.34. The van der Waals surface area contributed by atoms with E-state index in [-0.39, 0.29) is 11.8 Å². The van der Waals surface area contributed by atoms with Gasteiger partial charge in [-0.15, -0.1) is 0 Å². The molecule has 1 saturated heterocycles.